The van der Waals surface area contributed by atoms with Gasteiger partial charge < -0.3 is 14.1 Å². The highest BCUT2D eigenvalue weighted by molar-refractivity contribution is 5.70. The zero-order chi connectivity index (χ0) is 19.5. The highest BCUT2D eigenvalue weighted by Crippen LogP contribution is 2.31. The molecule has 2 aromatic heterocycles. The summed E-state index contributed by atoms with van der Waals surface area (Å²) in [7, 11) is 0. The lowest BCUT2D eigenvalue weighted by Crippen LogP contribution is -2.39. The molecule has 0 bridgehead atoms. The van der Waals surface area contributed by atoms with Crippen LogP contribution in [0.3, 0.4) is 0 Å². The molecular formula is C21H20FN3O3. The van der Waals surface area contributed by atoms with Gasteiger partial charge in [-0.2, -0.15) is 0 Å². The van der Waals surface area contributed by atoms with Gasteiger partial charge in [0, 0.05) is 24.7 Å². The van der Waals surface area contributed by atoms with E-state index in [4.69, 9.17) is 9.15 Å². The van der Waals surface area contributed by atoms with Gasteiger partial charge in [0.15, 0.2) is 17.4 Å². The predicted octanol–water partition coefficient (Wildman–Crippen LogP) is 4.56. The average Bonchev–Trinajstić information content (AvgIpc) is 3.20. The van der Waals surface area contributed by atoms with Crippen LogP contribution >= 0.6 is 0 Å². The zero-order valence-electron chi connectivity index (χ0n) is 15.5. The van der Waals surface area contributed by atoms with Gasteiger partial charge in [-0.25, -0.2) is 14.2 Å². The molecule has 0 N–H and O–H groups in total. The van der Waals surface area contributed by atoms with Gasteiger partial charge in [-0.3, -0.25) is 4.98 Å². The van der Waals surface area contributed by atoms with Crippen LogP contribution in [-0.2, 0) is 0 Å². The van der Waals surface area contributed by atoms with E-state index in [1.165, 1.54) is 12.3 Å². The Labute approximate surface area is 162 Å². The Morgan fingerprint density at radius 3 is 2.64 bits per heavy atom. The number of halogens is 1. The summed E-state index contributed by atoms with van der Waals surface area (Å²) in [6.45, 7) is 2.96. The van der Waals surface area contributed by atoms with Crippen molar-refractivity contribution >= 4 is 6.09 Å². The number of likely N-dealkylation sites (tertiary alicyclic amines) is 1. The van der Waals surface area contributed by atoms with E-state index in [2.05, 4.69) is 9.97 Å². The Kier molecular flexibility index (Phi) is 5.06. The van der Waals surface area contributed by atoms with Crippen LogP contribution in [0.1, 0.15) is 30.3 Å². The maximum atomic E-state index is 13.9. The van der Waals surface area contributed by atoms with E-state index in [0.29, 0.717) is 48.9 Å². The van der Waals surface area contributed by atoms with Crippen LogP contribution < -0.4 is 4.74 Å². The number of oxazole rings is 1. The standard InChI is InChI=1S/C21H20FN3O3/c1-14-6-7-16(12-23-14)27-21(26)25-10-8-15(9-11-25)20-24-13-19(28-20)17-4-2-3-5-18(17)22/h2-7,12-13,15H,8-11H2,1H3. The minimum absolute atomic E-state index is 0.0885. The molecule has 1 aliphatic heterocycles. The van der Waals surface area contributed by atoms with Crippen molar-refractivity contribution in [3.05, 3.63) is 66.2 Å². The van der Waals surface area contributed by atoms with Crippen LogP contribution in [-0.4, -0.2) is 34.1 Å². The first-order valence-electron chi connectivity index (χ1n) is 9.20. The van der Waals surface area contributed by atoms with Crippen LogP contribution in [0.5, 0.6) is 5.75 Å². The molecule has 144 valence electrons. The van der Waals surface area contributed by atoms with Crippen LogP contribution in [0, 0.1) is 12.7 Å². The summed E-state index contributed by atoms with van der Waals surface area (Å²) in [5.41, 5.74) is 1.26. The average molecular weight is 381 g/mol. The molecule has 0 spiro atoms. The summed E-state index contributed by atoms with van der Waals surface area (Å²) in [5, 5.41) is 0. The normalized spacial score (nSPS) is 14.9. The fourth-order valence-corrected chi connectivity index (χ4v) is 3.25. The number of aromatic nitrogens is 2. The molecular weight excluding hydrogens is 361 g/mol. The Morgan fingerprint density at radius 2 is 1.93 bits per heavy atom. The molecule has 1 aromatic carbocycles. The summed E-state index contributed by atoms with van der Waals surface area (Å²) < 4.78 is 25.1. The monoisotopic (exact) mass is 381 g/mol. The molecule has 6 nitrogen and oxygen atoms in total. The highest BCUT2D eigenvalue weighted by Gasteiger charge is 2.28. The van der Waals surface area contributed by atoms with Gasteiger partial charge in [-0.1, -0.05) is 12.1 Å². The molecule has 3 heterocycles. The van der Waals surface area contributed by atoms with Crippen molar-refractivity contribution in [1.82, 2.24) is 14.9 Å². The molecule has 7 heteroatoms. The molecule has 4 rings (SSSR count). The third-order valence-electron chi connectivity index (χ3n) is 4.85. The van der Waals surface area contributed by atoms with Gasteiger partial charge in [0.2, 0.25) is 0 Å². The smallest absolute Gasteiger partial charge is 0.415 e. The first kappa shape index (κ1) is 18.2. The summed E-state index contributed by atoms with van der Waals surface area (Å²) in [5.74, 6) is 1.18. The van der Waals surface area contributed by atoms with Crippen LogP contribution in [0.25, 0.3) is 11.3 Å². The van der Waals surface area contributed by atoms with Crippen molar-refractivity contribution in [2.75, 3.05) is 13.1 Å². The first-order chi connectivity index (χ1) is 13.6. The molecule has 0 atom stereocenters. The fraction of sp³-hybridized carbons (Fsp3) is 0.286. The fourth-order valence-electron chi connectivity index (χ4n) is 3.25. The summed E-state index contributed by atoms with van der Waals surface area (Å²) in [6, 6.07) is 9.98. The van der Waals surface area contributed by atoms with E-state index in [1.54, 1.807) is 41.4 Å². The van der Waals surface area contributed by atoms with E-state index in [0.717, 1.165) is 5.69 Å². The molecule has 1 fully saturated rings. The number of piperidine rings is 1. The molecule has 0 aliphatic carbocycles. The largest absolute Gasteiger partial charge is 0.440 e. The second-order valence-corrected chi connectivity index (χ2v) is 6.81. The maximum absolute atomic E-state index is 13.9. The topological polar surface area (TPSA) is 68.5 Å². The van der Waals surface area contributed by atoms with Gasteiger partial charge in [-0.15, -0.1) is 0 Å². The number of hydrogen-bond donors (Lipinski definition) is 0. The molecule has 0 unspecified atom stereocenters. The number of benzene rings is 1. The quantitative estimate of drug-likeness (QED) is 0.665. The van der Waals surface area contributed by atoms with Crippen LogP contribution in [0.2, 0.25) is 0 Å². The van der Waals surface area contributed by atoms with Gasteiger partial charge in [0.1, 0.15) is 5.82 Å². The molecule has 0 radical (unpaired) electrons. The Bertz CT molecular complexity index is 963. The lowest BCUT2D eigenvalue weighted by atomic mass is 9.97. The van der Waals surface area contributed by atoms with Crippen LogP contribution in [0.15, 0.2) is 53.2 Å². The summed E-state index contributed by atoms with van der Waals surface area (Å²) in [4.78, 5) is 22.4. The van der Waals surface area contributed by atoms with E-state index in [9.17, 15) is 9.18 Å². The number of pyridine rings is 1. The van der Waals surface area contributed by atoms with Crippen LogP contribution in [0.4, 0.5) is 9.18 Å². The number of carbonyl (C=O) groups excluding carboxylic acids is 1. The number of aryl methyl sites for hydroxylation is 1. The van der Waals surface area contributed by atoms with Crippen molar-refractivity contribution in [3.63, 3.8) is 0 Å². The summed E-state index contributed by atoms with van der Waals surface area (Å²) in [6.07, 6.45) is 4.12. The Hall–Kier alpha value is -3.22. The second kappa shape index (κ2) is 7.80. The maximum Gasteiger partial charge on any atom is 0.415 e. The van der Waals surface area contributed by atoms with Gasteiger partial charge in [0.05, 0.1) is 18.0 Å². The van der Waals surface area contributed by atoms with Gasteiger partial charge in [-0.05, 0) is 44.0 Å². The minimum atomic E-state index is -0.386. The van der Waals surface area contributed by atoms with E-state index in [-0.39, 0.29) is 17.8 Å². The lowest BCUT2D eigenvalue weighted by molar-refractivity contribution is 0.136. The van der Waals surface area contributed by atoms with Crippen molar-refractivity contribution in [3.8, 4) is 17.1 Å². The molecule has 1 saturated heterocycles. The Morgan fingerprint density at radius 1 is 1.14 bits per heavy atom. The molecule has 1 amide bonds. The summed E-state index contributed by atoms with van der Waals surface area (Å²) >= 11 is 0. The third-order valence-corrected chi connectivity index (χ3v) is 4.85. The van der Waals surface area contributed by atoms with Gasteiger partial charge in [0.25, 0.3) is 0 Å². The molecule has 3 aromatic rings. The van der Waals surface area contributed by atoms with Crippen molar-refractivity contribution in [2.45, 2.75) is 25.7 Å². The number of hydrogen-bond acceptors (Lipinski definition) is 5. The first-order valence-corrected chi connectivity index (χ1v) is 9.20. The van der Waals surface area contributed by atoms with Crippen molar-refractivity contribution in [1.29, 1.82) is 0 Å². The Balaban J connectivity index is 1.36. The van der Waals surface area contributed by atoms with E-state index in [1.807, 2.05) is 6.92 Å². The molecule has 28 heavy (non-hydrogen) atoms. The predicted molar refractivity (Wildman–Crippen MR) is 100 cm³/mol. The lowest BCUT2D eigenvalue weighted by Gasteiger charge is -2.29. The van der Waals surface area contributed by atoms with Crippen molar-refractivity contribution in [2.24, 2.45) is 0 Å². The van der Waals surface area contributed by atoms with Gasteiger partial charge >= 0.3 is 6.09 Å². The second-order valence-electron chi connectivity index (χ2n) is 6.81. The van der Waals surface area contributed by atoms with E-state index >= 15 is 0 Å². The van der Waals surface area contributed by atoms with E-state index < -0.39 is 0 Å². The molecule has 0 saturated carbocycles. The number of amides is 1. The highest BCUT2D eigenvalue weighted by atomic mass is 19.1. The number of nitrogens with zero attached hydrogens (tertiary/aromatic N) is 3. The van der Waals surface area contributed by atoms with Crippen molar-refractivity contribution < 1.29 is 18.3 Å². The molecule has 1 aliphatic rings. The SMILES string of the molecule is Cc1ccc(OC(=O)N2CCC(c3ncc(-c4ccccc4F)o3)CC2)cn1. The third kappa shape index (κ3) is 3.88. The number of carbonyl (C=O) groups is 1. The minimum Gasteiger partial charge on any atom is -0.440 e. The number of rotatable bonds is 3. The zero-order valence-corrected chi connectivity index (χ0v) is 15.5. The number of ether oxygens (including phenoxy) is 1.